The van der Waals surface area contributed by atoms with Crippen LogP contribution in [0, 0.1) is 0 Å². The number of hydrogen-bond donors (Lipinski definition) is 2. The fourth-order valence-corrected chi connectivity index (χ4v) is 7.18. The number of unbranched alkanes of at least 4 members (excludes halogenated alkanes) is 3. The molecule has 0 saturated heterocycles. The van der Waals surface area contributed by atoms with Gasteiger partial charge in [0.2, 0.25) is 0 Å². The zero-order valence-electron chi connectivity index (χ0n) is 28.9. The van der Waals surface area contributed by atoms with Gasteiger partial charge in [0.25, 0.3) is 10.1 Å². The van der Waals surface area contributed by atoms with E-state index in [1.165, 1.54) is 42.5 Å². The third kappa shape index (κ3) is 11.4. The van der Waals surface area contributed by atoms with Crippen LogP contribution in [-0.2, 0) is 42.6 Å². The van der Waals surface area contributed by atoms with Gasteiger partial charge in [0.15, 0.2) is 11.5 Å². The molecule has 0 heterocycles. The van der Waals surface area contributed by atoms with Crippen molar-refractivity contribution in [3.63, 3.8) is 0 Å². The molecule has 8 heteroatoms. The summed E-state index contributed by atoms with van der Waals surface area (Å²) in [4.78, 5) is 2.66. The summed E-state index contributed by atoms with van der Waals surface area (Å²) < 4.78 is 44.5. The van der Waals surface area contributed by atoms with Crippen molar-refractivity contribution < 1.29 is 22.4 Å². The van der Waals surface area contributed by atoms with Crippen LogP contribution in [0.2, 0.25) is 0 Å². The molecule has 0 aliphatic heterocycles. The molecule has 1 aliphatic carbocycles. The second-order valence-corrected chi connectivity index (χ2v) is 14.5. The summed E-state index contributed by atoms with van der Waals surface area (Å²) in [7, 11) is -4.14. The predicted octanol–water partition coefficient (Wildman–Crippen LogP) is 8.05. The number of nitrogens with zero attached hydrogens (tertiary/aromatic N) is 1. The fourth-order valence-electron chi connectivity index (χ4n) is 6.70. The Hall–Kier alpha value is -3.69. The van der Waals surface area contributed by atoms with Crippen LogP contribution in [0.4, 0.5) is 0 Å². The van der Waals surface area contributed by atoms with Crippen LogP contribution in [0.3, 0.4) is 0 Å². The molecule has 0 spiro atoms. The molecule has 0 radical (unpaired) electrons. The highest BCUT2D eigenvalue weighted by Crippen LogP contribution is 2.39. The van der Waals surface area contributed by atoms with E-state index in [0.717, 1.165) is 92.9 Å². The van der Waals surface area contributed by atoms with Crippen molar-refractivity contribution in [1.82, 2.24) is 10.2 Å². The average molecular weight is 685 g/mol. The summed E-state index contributed by atoms with van der Waals surface area (Å²) in [6.07, 6.45) is 9.92. The van der Waals surface area contributed by atoms with E-state index in [9.17, 15) is 8.42 Å². The van der Waals surface area contributed by atoms with Crippen LogP contribution in [0.25, 0.3) is 0 Å². The number of ether oxygens (including phenoxy) is 2. The molecule has 7 nitrogen and oxygen atoms in total. The largest absolute Gasteiger partial charge is 0.485 e. The Morgan fingerprint density at radius 2 is 1.43 bits per heavy atom. The number of benzene rings is 4. The summed E-state index contributed by atoms with van der Waals surface area (Å²) in [6.45, 7) is 7.41. The van der Waals surface area contributed by atoms with E-state index < -0.39 is 10.1 Å². The van der Waals surface area contributed by atoms with E-state index in [2.05, 4.69) is 65.7 Å². The molecular weight excluding hydrogens is 633 g/mol. The molecule has 1 unspecified atom stereocenters. The Kier molecular flexibility index (Phi) is 14.1. The zero-order chi connectivity index (χ0) is 34.3. The third-order valence-electron chi connectivity index (χ3n) is 9.36. The van der Waals surface area contributed by atoms with Gasteiger partial charge in [-0.3, -0.25) is 4.55 Å². The first-order chi connectivity index (χ1) is 23.9. The zero-order valence-corrected chi connectivity index (χ0v) is 29.7. The van der Waals surface area contributed by atoms with E-state index in [-0.39, 0.29) is 4.90 Å². The molecule has 4 aromatic carbocycles. The Morgan fingerprint density at radius 1 is 0.755 bits per heavy atom. The maximum Gasteiger partial charge on any atom is 0.294 e. The topological polar surface area (TPSA) is 88.1 Å². The summed E-state index contributed by atoms with van der Waals surface area (Å²) in [5.74, 6) is 1.73. The number of nitrogens with one attached hydrogen (secondary N) is 1. The smallest absolute Gasteiger partial charge is 0.294 e. The molecule has 49 heavy (non-hydrogen) atoms. The summed E-state index contributed by atoms with van der Waals surface area (Å²) >= 11 is 0. The monoisotopic (exact) mass is 684 g/mol. The molecule has 0 saturated carbocycles. The number of hydrogen-bond acceptors (Lipinski definition) is 6. The average Bonchev–Trinajstić information content (AvgIpc) is 3.12. The lowest BCUT2D eigenvalue weighted by atomic mass is 9.86. The Balaban J connectivity index is 1.09. The Bertz CT molecular complexity index is 1660. The molecule has 0 aromatic heterocycles. The molecule has 2 N–H and O–H groups in total. The number of rotatable bonds is 20. The van der Waals surface area contributed by atoms with Gasteiger partial charge in [-0.25, -0.2) is 0 Å². The van der Waals surface area contributed by atoms with Crippen molar-refractivity contribution in [2.45, 2.75) is 88.9 Å². The van der Waals surface area contributed by atoms with Gasteiger partial charge in [-0.2, -0.15) is 8.42 Å². The highest BCUT2D eigenvalue weighted by molar-refractivity contribution is 7.85. The summed E-state index contributed by atoms with van der Waals surface area (Å²) in [5.41, 5.74) is 6.03. The Labute approximate surface area is 293 Å². The molecule has 262 valence electrons. The van der Waals surface area contributed by atoms with Crippen molar-refractivity contribution in [2.24, 2.45) is 0 Å². The first kappa shape index (κ1) is 36.6. The molecule has 0 bridgehead atoms. The lowest BCUT2D eigenvalue weighted by Gasteiger charge is -2.36. The molecule has 1 atom stereocenters. The van der Waals surface area contributed by atoms with Crippen LogP contribution in [0.1, 0.15) is 73.3 Å². The molecule has 0 amide bonds. The van der Waals surface area contributed by atoms with Gasteiger partial charge in [0.05, 0.1) is 4.90 Å². The van der Waals surface area contributed by atoms with Gasteiger partial charge in [0, 0.05) is 11.6 Å². The van der Waals surface area contributed by atoms with Gasteiger partial charge in [-0.1, -0.05) is 98.6 Å². The van der Waals surface area contributed by atoms with Crippen LogP contribution in [0.5, 0.6) is 11.5 Å². The normalized spacial score (nSPS) is 14.5. The molecule has 0 fully saturated rings. The first-order valence-electron chi connectivity index (χ1n) is 17.9. The highest BCUT2D eigenvalue weighted by atomic mass is 32.2. The van der Waals surface area contributed by atoms with E-state index in [1.807, 2.05) is 24.3 Å². The van der Waals surface area contributed by atoms with Crippen LogP contribution in [-0.4, -0.2) is 50.1 Å². The maximum absolute atomic E-state index is 11.2. The van der Waals surface area contributed by atoms with Crippen LogP contribution >= 0.6 is 0 Å². The van der Waals surface area contributed by atoms with Crippen molar-refractivity contribution in [2.75, 3.05) is 26.2 Å². The summed E-state index contributed by atoms with van der Waals surface area (Å²) in [5, 5.41) is 3.51. The predicted molar refractivity (Wildman–Crippen MR) is 197 cm³/mol. The third-order valence-corrected chi connectivity index (χ3v) is 10.2. The second kappa shape index (κ2) is 18.9. The van der Waals surface area contributed by atoms with E-state index >= 15 is 0 Å². The van der Waals surface area contributed by atoms with E-state index in [1.54, 1.807) is 12.1 Å². The lowest BCUT2D eigenvalue weighted by molar-refractivity contribution is 0.174. The van der Waals surface area contributed by atoms with Crippen LogP contribution < -0.4 is 14.8 Å². The second-order valence-electron chi connectivity index (χ2n) is 13.0. The quantitative estimate of drug-likeness (QED) is 0.0720. The highest BCUT2D eigenvalue weighted by Gasteiger charge is 2.27. The maximum atomic E-state index is 11.2. The van der Waals surface area contributed by atoms with Crippen molar-refractivity contribution >= 4 is 10.1 Å². The van der Waals surface area contributed by atoms with Crippen molar-refractivity contribution in [1.29, 1.82) is 0 Å². The van der Waals surface area contributed by atoms with Gasteiger partial charge in [0.1, 0.15) is 13.2 Å². The van der Waals surface area contributed by atoms with Crippen molar-refractivity contribution in [3.8, 4) is 11.5 Å². The summed E-state index contributed by atoms with van der Waals surface area (Å²) in [6, 6.07) is 32.0. The minimum Gasteiger partial charge on any atom is -0.485 e. The number of fused-ring (bicyclic) bond motifs is 1. The fraction of sp³-hybridized carbons (Fsp3) is 0.415. The first-order valence-corrected chi connectivity index (χ1v) is 19.3. The molecule has 1 aliphatic rings. The molecule has 4 aromatic rings. The minimum atomic E-state index is -4.14. The lowest BCUT2D eigenvalue weighted by Crippen LogP contribution is -2.40. The van der Waals surface area contributed by atoms with Crippen LogP contribution in [0.15, 0.2) is 102 Å². The molecule has 5 rings (SSSR count). The van der Waals surface area contributed by atoms with Gasteiger partial charge >= 0.3 is 0 Å². The van der Waals surface area contributed by atoms with Gasteiger partial charge in [-0.15, -0.1) is 0 Å². The van der Waals surface area contributed by atoms with E-state index in [4.69, 9.17) is 14.0 Å². The van der Waals surface area contributed by atoms with Crippen molar-refractivity contribution in [3.05, 3.63) is 125 Å². The SMILES string of the molecule is CCCN(CCCCCCNCCc1ccc(S(=O)(=O)O)cc1)C1CCc2c(ccc(OCc3ccccc3)c2OCc2ccccc2)C1. The minimum absolute atomic E-state index is 0.0628. The van der Waals surface area contributed by atoms with Gasteiger partial charge < -0.3 is 19.7 Å². The Morgan fingerprint density at radius 3 is 2.10 bits per heavy atom. The van der Waals surface area contributed by atoms with Gasteiger partial charge in [-0.05, 0) is 112 Å². The molecular formula is C41H52N2O5S. The van der Waals surface area contributed by atoms with E-state index in [0.29, 0.717) is 19.3 Å². The standard InChI is InChI=1S/C41H52N2O5S/c1-2-28-43(29-12-4-3-11-26-42-27-25-33-17-21-38(22-18-33)49(44,45)46)37-20-23-39-36(30-37)19-24-40(47-31-34-13-7-5-8-14-34)41(39)48-32-35-15-9-6-10-16-35/h5-10,13-19,21-22,24,37,42H,2-4,11-12,20,23,25-32H2,1H3,(H,44,45,46).